The fourth-order valence-electron chi connectivity index (χ4n) is 4.92. The lowest BCUT2D eigenvalue weighted by Crippen LogP contribution is -2.08. The third-order valence-electron chi connectivity index (χ3n) is 7.31. The highest BCUT2D eigenvalue weighted by Gasteiger charge is 2.16. The topological polar surface area (TPSA) is 128 Å². The van der Waals surface area contributed by atoms with Crippen LogP contribution in [0.25, 0.3) is 67.0 Å². The molecule has 10 heteroatoms. The second-order valence-corrected chi connectivity index (χ2v) is 10.5. The Hall–Kier alpha value is -6.16. The number of nitrogens with zero attached hydrogens (tertiary/aromatic N) is 3. The van der Waals surface area contributed by atoms with Crippen molar-refractivity contribution in [3.8, 4) is 22.9 Å². The monoisotopic (exact) mass is 598 g/mol. The second kappa shape index (κ2) is 11.2. The van der Waals surface area contributed by atoms with Gasteiger partial charge in [-0.05, 0) is 60.7 Å². The molecule has 0 aliphatic heterocycles. The van der Waals surface area contributed by atoms with Gasteiger partial charge >= 0.3 is 11.3 Å². The van der Waals surface area contributed by atoms with Crippen molar-refractivity contribution < 1.29 is 17.7 Å². The molecule has 0 aliphatic carbocycles. The molecule has 0 spiro atoms. The van der Waals surface area contributed by atoms with E-state index in [0.717, 1.165) is 22.1 Å². The van der Waals surface area contributed by atoms with E-state index in [1.807, 2.05) is 105 Å². The molecule has 4 aromatic heterocycles. The van der Waals surface area contributed by atoms with Gasteiger partial charge in [0.05, 0.1) is 0 Å². The first kappa shape index (κ1) is 27.7. The quantitative estimate of drug-likeness (QED) is 0.206. The van der Waals surface area contributed by atoms with E-state index in [9.17, 15) is 9.59 Å². The predicted octanol–water partition coefficient (Wildman–Crippen LogP) is 7.31. The van der Waals surface area contributed by atoms with E-state index in [0.29, 0.717) is 44.5 Å². The summed E-state index contributed by atoms with van der Waals surface area (Å²) in [5.41, 5.74) is 5.35. The Bertz CT molecular complexity index is 2400. The lowest BCUT2D eigenvalue weighted by Gasteiger charge is -2.12. The van der Waals surface area contributed by atoms with Crippen LogP contribution in [-0.4, -0.2) is 31.1 Å². The maximum atomic E-state index is 12.3. The number of hydrogen-bond acceptors (Lipinski definition) is 10. The molecular weight excluding hydrogens is 572 g/mol. The smallest absolute Gasteiger partial charge is 0.349 e. The van der Waals surface area contributed by atoms with E-state index in [1.165, 1.54) is 0 Å². The lowest BCUT2D eigenvalue weighted by atomic mass is 10.1. The van der Waals surface area contributed by atoms with Gasteiger partial charge in [-0.25, -0.2) is 19.6 Å². The molecule has 0 saturated heterocycles. The number of oxazole rings is 2. The summed E-state index contributed by atoms with van der Waals surface area (Å²) in [6.07, 6.45) is 0. The minimum absolute atomic E-state index is 0.273. The summed E-state index contributed by atoms with van der Waals surface area (Å²) < 4.78 is 22.2. The SMILES string of the molecule is CN(C)c1ccc2cc(-c3nc4ccccc4o3)c(=O)oc2c1.CNc1ccc2cc(-c3nc4ccccc4o3)c(=O)oc2c1. The van der Waals surface area contributed by atoms with E-state index >= 15 is 0 Å². The van der Waals surface area contributed by atoms with Gasteiger partial charge in [0.25, 0.3) is 0 Å². The first-order chi connectivity index (χ1) is 21.9. The number of nitrogens with one attached hydrogen (secondary N) is 1. The summed E-state index contributed by atoms with van der Waals surface area (Å²) in [6.45, 7) is 0. The summed E-state index contributed by atoms with van der Waals surface area (Å²) >= 11 is 0. The van der Waals surface area contributed by atoms with Gasteiger partial charge in [0, 0.05) is 55.4 Å². The fraction of sp³-hybridized carbons (Fsp3) is 0.0857. The molecule has 10 nitrogen and oxygen atoms in total. The second-order valence-electron chi connectivity index (χ2n) is 10.5. The molecule has 0 bridgehead atoms. The number of fused-ring (bicyclic) bond motifs is 4. The van der Waals surface area contributed by atoms with Crippen molar-refractivity contribution in [2.24, 2.45) is 0 Å². The molecule has 1 N–H and O–H groups in total. The number of aromatic nitrogens is 2. The van der Waals surface area contributed by atoms with E-state index in [-0.39, 0.29) is 11.8 Å². The molecule has 8 aromatic rings. The van der Waals surface area contributed by atoms with Crippen LogP contribution in [-0.2, 0) is 0 Å². The fourth-order valence-corrected chi connectivity index (χ4v) is 4.92. The lowest BCUT2D eigenvalue weighted by molar-refractivity contribution is 0.553. The Labute approximate surface area is 255 Å². The van der Waals surface area contributed by atoms with Gasteiger partial charge in [-0.3, -0.25) is 0 Å². The van der Waals surface area contributed by atoms with Gasteiger partial charge in [-0.1, -0.05) is 24.3 Å². The van der Waals surface area contributed by atoms with E-state index in [2.05, 4.69) is 15.3 Å². The Kier molecular flexibility index (Phi) is 6.86. The minimum atomic E-state index is -0.465. The Morgan fingerprint density at radius 3 is 1.60 bits per heavy atom. The molecule has 0 fully saturated rings. The Morgan fingerprint density at radius 1 is 0.578 bits per heavy atom. The van der Waals surface area contributed by atoms with Crippen LogP contribution < -0.4 is 21.5 Å². The number of benzene rings is 4. The molecule has 0 amide bonds. The van der Waals surface area contributed by atoms with Crippen molar-refractivity contribution in [1.29, 1.82) is 0 Å². The third kappa shape index (κ3) is 5.29. The van der Waals surface area contributed by atoms with Crippen molar-refractivity contribution in [2.75, 3.05) is 31.4 Å². The number of rotatable bonds is 4. The van der Waals surface area contributed by atoms with Crippen LogP contribution in [0, 0.1) is 0 Å². The van der Waals surface area contributed by atoms with Crippen molar-refractivity contribution in [3.63, 3.8) is 0 Å². The summed E-state index contributed by atoms with van der Waals surface area (Å²) in [5, 5.41) is 4.65. The van der Waals surface area contributed by atoms with Crippen LogP contribution in [0.2, 0.25) is 0 Å². The standard InChI is InChI=1S/C18H14N2O3.C17H12N2O3/c1-20(2)12-8-7-11-9-13(18(21)23-16(11)10-12)17-19-14-5-3-4-6-15(14)22-17;1-18-11-7-6-10-8-12(17(20)22-15(10)9-11)16-19-13-4-2-3-5-14(13)21-16/h3-10H,1-2H3;2-9,18H,1H3. The Morgan fingerprint density at radius 2 is 1.09 bits per heavy atom. The highest BCUT2D eigenvalue weighted by Crippen LogP contribution is 2.27. The summed E-state index contributed by atoms with van der Waals surface area (Å²) in [6, 6.07) is 29.6. The van der Waals surface area contributed by atoms with Gasteiger partial charge in [0.15, 0.2) is 11.2 Å². The molecule has 0 unspecified atom stereocenters. The van der Waals surface area contributed by atoms with Crippen LogP contribution >= 0.6 is 0 Å². The normalized spacial score (nSPS) is 11.2. The van der Waals surface area contributed by atoms with Crippen molar-refractivity contribution in [3.05, 3.63) is 118 Å². The van der Waals surface area contributed by atoms with Gasteiger partial charge in [0.2, 0.25) is 11.8 Å². The first-order valence-corrected chi connectivity index (χ1v) is 14.1. The average molecular weight is 599 g/mol. The van der Waals surface area contributed by atoms with Crippen molar-refractivity contribution in [2.45, 2.75) is 0 Å². The summed E-state index contributed by atoms with van der Waals surface area (Å²) in [4.78, 5) is 35.2. The first-order valence-electron chi connectivity index (χ1n) is 14.1. The maximum Gasteiger partial charge on any atom is 0.349 e. The van der Waals surface area contributed by atoms with Crippen LogP contribution in [0.4, 0.5) is 11.4 Å². The number of anilines is 2. The molecule has 45 heavy (non-hydrogen) atoms. The highest BCUT2D eigenvalue weighted by molar-refractivity contribution is 5.86. The van der Waals surface area contributed by atoms with Crippen molar-refractivity contribution in [1.82, 2.24) is 9.97 Å². The molecular formula is C35H26N4O6. The van der Waals surface area contributed by atoms with Gasteiger partial charge in [-0.2, -0.15) is 0 Å². The van der Waals surface area contributed by atoms with Crippen LogP contribution in [0.15, 0.2) is 124 Å². The van der Waals surface area contributed by atoms with Crippen LogP contribution in [0.5, 0.6) is 0 Å². The maximum absolute atomic E-state index is 12.3. The zero-order chi connectivity index (χ0) is 31.1. The average Bonchev–Trinajstić information content (AvgIpc) is 3.68. The molecule has 4 heterocycles. The van der Waals surface area contributed by atoms with E-state index in [1.54, 1.807) is 18.2 Å². The molecule has 0 radical (unpaired) electrons. The minimum Gasteiger partial charge on any atom is -0.436 e. The van der Waals surface area contributed by atoms with Gasteiger partial charge in [0.1, 0.15) is 33.3 Å². The van der Waals surface area contributed by atoms with Gasteiger partial charge in [-0.15, -0.1) is 0 Å². The molecule has 0 aliphatic rings. The summed E-state index contributed by atoms with van der Waals surface area (Å²) in [7, 11) is 5.68. The van der Waals surface area contributed by atoms with E-state index < -0.39 is 11.3 Å². The number of hydrogen-bond donors (Lipinski definition) is 1. The predicted molar refractivity (Wildman–Crippen MR) is 175 cm³/mol. The highest BCUT2D eigenvalue weighted by atomic mass is 16.4. The van der Waals surface area contributed by atoms with Crippen molar-refractivity contribution >= 4 is 55.5 Å². The van der Waals surface area contributed by atoms with Gasteiger partial charge < -0.3 is 27.9 Å². The molecule has 8 rings (SSSR count). The zero-order valence-corrected chi connectivity index (χ0v) is 24.5. The molecule has 0 saturated carbocycles. The number of para-hydroxylation sites is 4. The van der Waals surface area contributed by atoms with Crippen LogP contribution in [0.3, 0.4) is 0 Å². The molecule has 4 aromatic carbocycles. The largest absolute Gasteiger partial charge is 0.436 e. The van der Waals surface area contributed by atoms with Crippen LogP contribution in [0.1, 0.15) is 0 Å². The molecule has 0 atom stereocenters. The zero-order valence-electron chi connectivity index (χ0n) is 24.5. The molecule has 222 valence electrons. The third-order valence-corrected chi connectivity index (χ3v) is 7.31. The Balaban J connectivity index is 0.000000145. The van der Waals surface area contributed by atoms with E-state index in [4.69, 9.17) is 17.7 Å². The summed E-state index contributed by atoms with van der Waals surface area (Å²) in [5.74, 6) is 0.549.